The van der Waals surface area contributed by atoms with Gasteiger partial charge in [-0.05, 0) is 43.9 Å². The molecule has 6 nitrogen and oxygen atoms in total. The lowest BCUT2D eigenvalue weighted by Gasteiger charge is -2.32. The smallest absolute Gasteiger partial charge is 0.391 e. The maximum absolute atomic E-state index is 13.0. The second-order valence-electron chi connectivity index (χ2n) is 7.13. The van der Waals surface area contributed by atoms with E-state index in [1.54, 1.807) is 18.2 Å². The zero-order chi connectivity index (χ0) is 21.4. The lowest BCUT2D eigenvalue weighted by Crippen LogP contribution is -2.47. The third-order valence-electron chi connectivity index (χ3n) is 5.00. The number of rotatable bonds is 7. The average Bonchev–Trinajstić information content (AvgIpc) is 2.71. The molecule has 30 heavy (non-hydrogen) atoms. The van der Waals surface area contributed by atoms with Gasteiger partial charge in [-0.1, -0.05) is 6.42 Å². The molecule has 0 aromatic heterocycles. The van der Waals surface area contributed by atoms with Crippen molar-refractivity contribution in [2.24, 2.45) is 10.9 Å². The fourth-order valence-electron chi connectivity index (χ4n) is 3.44. The van der Waals surface area contributed by atoms with Crippen molar-refractivity contribution < 1.29 is 27.8 Å². The van der Waals surface area contributed by atoms with Gasteiger partial charge in [0, 0.05) is 18.7 Å². The van der Waals surface area contributed by atoms with Crippen molar-refractivity contribution in [3.8, 4) is 11.5 Å². The van der Waals surface area contributed by atoms with Crippen LogP contribution in [0.2, 0.25) is 0 Å². The minimum atomic E-state index is -4.17. The lowest BCUT2D eigenvalue weighted by molar-refractivity contribution is -0.183. The van der Waals surface area contributed by atoms with Gasteiger partial charge >= 0.3 is 6.18 Å². The van der Waals surface area contributed by atoms with Crippen LogP contribution < -0.4 is 20.1 Å². The largest absolute Gasteiger partial charge is 0.497 e. The predicted molar refractivity (Wildman–Crippen MR) is 121 cm³/mol. The van der Waals surface area contributed by atoms with Gasteiger partial charge < -0.3 is 25.2 Å². The SMILES string of the molecule is CCNC(=NCC(O)c1cc(OC)cc(OC)c1)NC1CCCC(C(F)(F)F)C1.I. The molecule has 0 radical (unpaired) electrons. The topological polar surface area (TPSA) is 75.1 Å². The Labute approximate surface area is 192 Å². The first-order chi connectivity index (χ1) is 13.8. The number of methoxy groups -OCH3 is 2. The van der Waals surface area contributed by atoms with Crippen molar-refractivity contribution in [1.82, 2.24) is 10.6 Å². The Hall–Kier alpha value is -1.43. The first-order valence-corrected chi connectivity index (χ1v) is 9.79. The van der Waals surface area contributed by atoms with Crippen LogP contribution in [0.4, 0.5) is 13.2 Å². The molecule has 0 bridgehead atoms. The summed E-state index contributed by atoms with van der Waals surface area (Å²) in [5.41, 5.74) is 0.579. The molecule has 0 saturated heterocycles. The third kappa shape index (κ3) is 8.01. The molecule has 172 valence electrons. The van der Waals surface area contributed by atoms with E-state index in [1.165, 1.54) is 14.2 Å². The van der Waals surface area contributed by atoms with Gasteiger partial charge in [-0.15, -0.1) is 24.0 Å². The first-order valence-electron chi connectivity index (χ1n) is 9.79. The number of hydrogen-bond acceptors (Lipinski definition) is 4. The van der Waals surface area contributed by atoms with Crippen molar-refractivity contribution >= 4 is 29.9 Å². The van der Waals surface area contributed by atoms with Crippen molar-refractivity contribution in [3.05, 3.63) is 23.8 Å². The summed E-state index contributed by atoms with van der Waals surface area (Å²) < 4.78 is 49.5. The van der Waals surface area contributed by atoms with E-state index >= 15 is 0 Å². The van der Waals surface area contributed by atoms with E-state index in [0.717, 1.165) is 0 Å². The molecule has 1 aliphatic carbocycles. The summed E-state index contributed by atoms with van der Waals surface area (Å²) in [4.78, 5) is 4.36. The van der Waals surface area contributed by atoms with Gasteiger partial charge in [0.1, 0.15) is 11.5 Å². The number of hydrogen-bond donors (Lipinski definition) is 3. The van der Waals surface area contributed by atoms with Crippen LogP contribution in [0.1, 0.15) is 44.3 Å². The normalized spacial score (nSPS) is 20.7. The molecule has 1 saturated carbocycles. The van der Waals surface area contributed by atoms with E-state index in [1.807, 2.05) is 6.92 Å². The maximum Gasteiger partial charge on any atom is 0.391 e. The number of ether oxygens (including phenoxy) is 2. The molecule has 0 aliphatic heterocycles. The van der Waals surface area contributed by atoms with Crippen LogP contribution in [0.15, 0.2) is 23.2 Å². The molecule has 3 N–H and O–H groups in total. The Balaban J connectivity index is 0.00000450. The summed E-state index contributed by atoms with van der Waals surface area (Å²) in [5.74, 6) is 0.210. The molecule has 0 spiro atoms. The number of benzene rings is 1. The quantitative estimate of drug-likeness (QED) is 0.274. The fourth-order valence-corrected chi connectivity index (χ4v) is 3.44. The van der Waals surface area contributed by atoms with E-state index in [2.05, 4.69) is 15.6 Å². The van der Waals surface area contributed by atoms with Crippen LogP contribution in [-0.4, -0.2) is 50.6 Å². The summed E-state index contributed by atoms with van der Waals surface area (Å²) >= 11 is 0. The van der Waals surface area contributed by atoms with E-state index in [0.29, 0.717) is 42.4 Å². The summed E-state index contributed by atoms with van der Waals surface area (Å²) in [6.45, 7) is 2.48. The highest BCUT2D eigenvalue weighted by Crippen LogP contribution is 2.37. The van der Waals surface area contributed by atoms with Gasteiger partial charge in [-0.25, -0.2) is 0 Å². The Morgan fingerprint density at radius 3 is 2.37 bits per heavy atom. The van der Waals surface area contributed by atoms with Crippen molar-refractivity contribution in [1.29, 1.82) is 0 Å². The minimum absolute atomic E-state index is 0. The Morgan fingerprint density at radius 1 is 1.20 bits per heavy atom. The molecule has 1 aliphatic rings. The van der Waals surface area contributed by atoms with Gasteiger partial charge in [0.05, 0.1) is 32.8 Å². The standard InChI is InChI=1S/C20H30F3N3O3.HI/c1-4-24-19(26-15-7-5-6-14(10-15)20(21,22)23)25-12-18(27)13-8-16(28-2)11-17(9-13)29-3;/h8-9,11,14-15,18,27H,4-7,10,12H2,1-3H3,(H2,24,25,26);1H. The second-order valence-corrected chi connectivity index (χ2v) is 7.13. The van der Waals surface area contributed by atoms with Crippen LogP contribution in [0.5, 0.6) is 11.5 Å². The van der Waals surface area contributed by atoms with Gasteiger partial charge in [0.15, 0.2) is 5.96 Å². The summed E-state index contributed by atoms with van der Waals surface area (Å²) in [6, 6.07) is 4.78. The third-order valence-corrected chi connectivity index (χ3v) is 5.00. The number of guanidine groups is 1. The van der Waals surface area contributed by atoms with Crippen LogP contribution in [0, 0.1) is 5.92 Å². The Morgan fingerprint density at radius 2 is 1.83 bits per heavy atom. The van der Waals surface area contributed by atoms with E-state index in [4.69, 9.17) is 9.47 Å². The summed E-state index contributed by atoms with van der Waals surface area (Å²) in [6.07, 6.45) is -3.70. The van der Waals surface area contributed by atoms with Crippen LogP contribution >= 0.6 is 24.0 Å². The van der Waals surface area contributed by atoms with Crippen molar-refractivity contribution in [2.45, 2.75) is 50.9 Å². The summed E-state index contributed by atoms with van der Waals surface area (Å²) in [7, 11) is 3.04. The lowest BCUT2D eigenvalue weighted by atomic mass is 9.85. The molecule has 0 amide bonds. The van der Waals surface area contributed by atoms with E-state index in [9.17, 15) is 18.3 Å². The zero-order valence-electron chi connectivity index (χ0n) is 17.5. The molecule has 2 rings (SSSR count). The van der Waals surface area contributed by atoms with Gasteiger partial charge in [0.25, 0.3) is 0 Å². The fraction of sp³-hybridized carbons (Fsp3) is 0.650. The summed E-state index contributed by atoms with van der Waals surface area (Å²) in [5, 5.41) is 16.6. The molecule has 3 atom stereocenters. The number of halogens is 4. The highest BCUT2D eigenvalue weighted by Gasteiger charge is 2.42. The average molecular weight is 545 g/mol. The Bertz CT molecular complexity index is 667. The number of nitrogens with one attached hydrogen (secondary N) is 2. The van der Waals surface area contributed by atoms with Crippen molar-refractivity contribution in [3.63, 3.8) is 0 Å². The number of aliphatic imine (C=N–C) groups is 1. The molecular weight excluding hydrogens is 514 g/mol. The van der Waals surface area contributed by atoms with Crippen LogP contribution in [0.25, 0.3) is 0 Å². The van der Waals surface area contributed by atoms with Gasteiger partial charge in [-0.2, -0.15) is 13.2 Å². The predicted octanol–water partition coefficient (Wildman–Crippen LogP) is 4.03. The monoisotopic (exact) mass is 545 g/mol. The molecule has 0 heterocycles. The molecule has 1 fully saturated rings. The maximum atomic E-state index is 13.0. The Kier molecular flexibility index (Phi) is 11.0. The van der Waals surface area contributed by atoms with Crippen LogP contribution in [-0.2, 0) is 0 Å². The zero-order valence-corrected chi connectivity index (χ0v) is 19.8. The number of aliphatic hydroxyl groups excluding tert-OH is 1. The molecule has 10 heteroatoms. The highest BCUT2D eigenvalue weighted by atomic mass is 127. The van der Waals surface area contributed by atoms with Gasteiger partial charge in [0.2, 0.25) is 0 Å². The molecule has 1 aromatic carbocycles. The molecule has 3 unspecified atom stereocenters. The number of alkyl halides is 3. The van der Waals surface area contributed by atoms with Crippen molar-refractivity contribution in [2.75, 3.05) is 27.3 Å². The highest BCUT2D eigenvalue weighted by molar-refractivity contribution is 14.0. The molecule has 1 aromatic rings. The van der Waals surface area contributed by atoms with E-state index in [-0.39, 0.29) is 49.4 Å². The second kappa shape index (κ2) is 12.4. The minimum Gasteiger partial charge on any atom is -0.497 e. The van der Waals surface area contributed by atoms with Crippen LogP contribution in [0.3, 0.4) is 0 Å². The number of nitrogens with zero attached hydrogens (tertiary/aromatic N) is 1. The first kappa shape index (κ1) is 26.6. The van der Waals surface area contributed by atoms with E-state index < -0.39 is 18.2 Å². The molecular formula is C20H31F3IN3O3. The van der Waals surface area contributed by atoms with Gasteiger partial charge in [-0.3, -0.25) is 4.99 Å². The number of aliphatic hydroxyl groups is 1.